The summed E-state index contributed by atoms with van der Waals surface area (Å²) in [5.41, 5.74) is 4.39. The Labute approximate surface area is 111 Å². The molecule has 0 heterocycles. The van der Waals surface area contributed by atoms with Crippen LogP contribution in [0.2, 0.25) is 0 Å². The first kappa shape index (κ1) is 23.9. The zero-order valence-corrected chi connectivity index (χ0v) is 14.6. The Morgan fingerprint density at radius 3 is 1.36 bits per heavy atom. The van der Waals surface area contributed by atoms with Crippen molar-refractivity contribution in [3.05, 3.63) is 45.1 Å². The van der Waals surface area contributed by atoms with Crippen LogP contribution in [0.1, 0.15) is 34.6 Å². The number of hydrogen-bond donors (Lipinski definition) is 0. The van der Waals surface area contributed by atoms with E-state index in [1.165, 1.54) is 16.7 Å². The Morgan fingerprint density at radius 2 is 1.29 bits per heavy atom. The minimum atomic E-state index is 0. The van der Waals surface area contributed by atoms with Gasteiger partial charge >= 0.3 is 25.8 Å². The van der Waals surface area contributed by atoms with Gasteiger partial charge in [0, 0.05) is 0 Å². The summed E-state index contributed by atoms with van der Waals surface area (Å²) < 4.78 is 0. The van der Waals surface area contributed by atoms with E-state index in [0.29, 0.717) is 0 Å². The molecule has 0 nitrogen and oxygen atoms in total. The van der Waals surface area contributed by atoms with Crippen LogP contribution in [-0.2, 0) is 25.8 Å². The molecule has 80 valence electrons. The number of allylic oxidation sites excluding steroid dienone is 4. The summed E-state index contributed by atoms with van der Waals surface area (Å²) in [6.07, 6.45) is 3.44. The first-order valence-corrected chi connectivity index (χ1v) is 3.75. The average molecular weight is 359 g/mol. The van der Waals surface area contributed by atoms with Gasteiger partial charge in [0.15, 0.2) is 0 Å². The first-order valence-electron chi connectivity index (χ1n) is 3.75. The van der Waals surface area contributed by atoms with Crippen molar-refractivity contribution in [1.82, 2.24) is 0 Å². The van der Waals surface area contributed by atoms with E-state index in [1.807, 2.05) is 0 Å². The molecule has 0 unspecified atom stereocenters. The largest absolute Gasteiger partial charge is 4.00 e. The molecule has 0 aromatic rings. The zero-order chi connectivity index (χ0) is 7.94. The second kappa shape index (κ2) is 7.62. The minimum absolute atomic E-state index is 0. The van der Waals surface area contributed by atoms with Crippen LogP contribution in [0.5, 0.6) is 0 Å². The van der Waals surface area contributed by atoms with Crippen molar-refractivity contribution in [3.8, 4) is 0 Å². The molecule has 0 saturated carbocycles. The van der Waals surface area contributed by atoms with E-state index in [4.69, 9.17) is 0 Å². The van der Waals surface area contributed by atoms with E-state index in [2.05, 4.69) is 40.7 Å². The van der Waals surface area contributed by atoms with Crippen LogP contribution >= 0.6 is 0 Å². The molecule has 1 aliphatic rings. The monoisotopic (exact) mass is 360 g/mol. The second-order valence-electron chi connectivity index (χ2n) is 3.62. The summed E-state index contributed by atoms with van der Waals surface area (Å²) in [6.45, 7) is 10.9. The van der Waals surface area contributed by atoms with Crippen LogP contribution in [0.3, 0.4) is 0 Å². The van der Waals surface area contributed by atoms with Crippen molar-refractivity contribution in [3.63, 3.8) is 0 Å². The van der Waals surface area contributed by atoms with Gasteiger partial charge in [0.05, 0.1) is 0 Å². The fourth-order valence-electron chi connectivity index (χ4n) is 1.41. The van der Waals surface area contributed by atoms with Crippen molar-refractivity contribution in [2.24, 2.45) is 5.41 Å². The SMILES string of the molecule is CC1=[C-]C(C)(C)C(C)=C1C.[CH3-].[CH3-].[CH3-].[Hf+4]. The van der Waals surface area contributed by atoms with Gasteiger partial charge in [0.2, 0.25) is 0 Å². The molecule has 0 aromatic carbocycles. The van der Waals surface area contributed by atoms with Gasteiger partial charge in [0.25, 0.3) is 0 Å². The molecule has 0 aliphatic heterocycles. The molecule has 0 radical (unpaired) electrons. The molecule has 14 heavy (non-hydrogen) atoms. The number of rotatable bonds is 0. The fraction of sp³-hybridized carbons (Fsp3) is 0.462. The molecule has 0 N–H and O–H groups in total. The van der Waals surface area contributed by atoms with Gasteiger partial charge in [-0.15, -0.1) is 6.92 Å². The quantitative estimate of drug-likeness (QED) is 0.443. The minimum Gasteiger partial charge on any atom is -0.358 e. The summed E-state index contributed by atoms with van der Waals surface area (Å²) in [7, 11) is 0. The van der Waals surface area contributed by atoms with Crippen LogP contribution in [0.25, 0.3) is 0 Å². The molecule has 0 amide bonds. The Kier molecular flexibility index (Phi) is 13.0. The summed E-state index contributed by atoms with van der Waals surface area (Å²) >= 11 is 0. The molecule has 1 heteroatoms. The van der Waals surface area contributed by atoms with Gasteiger partial charge in [-0.05, 0) is 0 Å². The van der Waals surface area contributed by atoms with Gasteiger partial charge in [-0.3, -0.25) is 6.08 Å². The molecule has 1 aliphatic carbocycles. The third-order valence-corrected chi connectivity index (χ3v) is 2.56. The standard InChI is InChI=1S/C10H15.3CH3.Hf/c1-7-6-10(4,5)9(3)8(7)2;;;;/h1-5H3;3*1H3;/q4*-1;+4. The van der Waals surface area contributed by atoms with Crippen molar-refractivity contribution < 1.29 is 25.8 Å². The summed E-state index contributed by atoms with van der Waals surface area (Å²) in [5.74, 6) is 0. The zero-order valence-electron chi connectivity index (χ0n) is 11.0. The molecule has 0 fully saturated rings. The summed E-state index contributed by atoms with van der Waals surface area (Å²) in [4.78, 5) is 0. The van der Waals surface area contributed by atoms with E-state index in [1.54, 1.807) is 0 Å². The maximum Gasteiger partial charge on any atom is 4.00 e. The summed E-state index contributed by atoms with van der Waals surface area (Å²) in [6, 6.07) is 0. The molecule has 0 saturated heterocycles. The van der Waals surface area contributed by atoms with E-state index < -0.39 is 0 Å². The van der Waals surface area contributed by atoms with Gasteiger partial charge in [-0.1, -0.05) is 33.1 Å². The fourth-order valence-corrected chi connectivity index (χ4v) is 1.41. The molecule has 0 bridgehead atoms. The van der Waals surface area contributed by atoms with E-state index >= 15 is 0 Å². The Morgan fingerprint density at radius 1 is 0.929 bits per heavy atom. The van der Waals surface area contributed by atoms with Crippen LogP contribution in [-0.4, -0.2) is 0 Å². The van der Waals surface area contributed by atoms with E-state index in [-0.39, 0.29) is 53.5 Å². The first-order chi connectivity index (χ1) is 4.45. The maximum absolute atomic E-state index is 3.44. The molecule has 1 rings (SSSR count). The van der Waals surface area contributed by atoms with Gasteiger partial charge < -0.3 is 22.3 Å². The van der Waals surface area contributed by atoms with Crippen LogP contribution in [0.4, 0.5) is 0 Å². The summed E-state index contributed by atoms with van der Waals surface area (Å²) in [5, 5.41) is 0. The molecule has 0 aromatic heterocycles. The van der Waals surface area contributed by atoms with Crippen LogP contribution < -0.4 is 0 Å². The van der Waals surface area contributed by atoms with E-state index in [0.717, 1.165) is 0 Å². The third kappa shape index (κ3) is 4.25. The second-order valence-corrected chi connectivity index (χ2v) is 3.62. The van der Waals surface area contributed by atoms with Crippen LogP contribution in [0, 0.1) is 33.8 Å². The van der Waals surface area contributed by atoms with E-state index in [9.17, 15) is 0 Å². The van der Waals surface area contributed by atoms with Gasteiger partial charge in [-0.2, -0.15) is 11.1 Å². The smallest absolute Gasteiger partial charge is 0.358 e. The normalized spacial score (nSPS) is 16.8. The third-order valence-electron chi connectivity index (χ3n) is 2.56. The van der Waals surface area contributed by atoms with Crippen LogP contribution in [0.15, 0.2) is 16.7 Å². The molecule has 0 atom stereocenters. The molecule has 0 spiro atoms. The Hall–Kier alpha value is 0.350. The average Bonchev–Trinajstić information content (AvgIpc) is 1.95. The predicted octanol–water partition coefficient (Wildman–Crippen LogP) is 4.46. The topological polar surface area (TPSA) is 0 Å². The molecular weight excluding hydrogens is 335 g/mol. The van der Waals surface area contributed by atoms with Crippen molar-refractivity contribution in [1.29, 1.82) is 0 Å². The van der Waals surface area contributed by atoms with Crippen molar-refractivity contribution in [2.75, 3.05) is 0 Å². The van der Waals surface area contributed by atoms with Crippen molar-refractivity contribution in [2.45, 2.75) is 34.6 Å². The Bertz CT molecular complexity index is 219. The maximum atomic E-state index is 3.44. The molecular formula is C13H24Hf. The Balaban J connectivity index is -0.000000125. The van der Waals surface area contributed by atoms with Gasteiger partial charge in [0.1, 0.15) is 0 Å². The van der Waals surface area contributed by atoms with Gasteiger partial charge in [-0.25, -0.2) is 5.57 Å². The predicted molar refractivity (Wildman–Crippen MR) is 63.8 cm³/mol. The van der Waals surface area contributed by atoms with Crippen molar-refractivity contribution >= 4 is 0 Å². The number of hydrogen-bond acceptors (Lipinski definition) is 0.